The van der Waals surface area contributed by atoms with Gasteiger partial charge >= 0.3 is 0 Å². The average Bonchev–Trinajstić information content (AvgIpc) is 2.93. The number of aromatic amines is 1. The number of nitrogens with zero attached hydrogens (tertiary/aromatic N) is 1. The SMILES string of the molecule is CS(=O)(=O)c1ccc(CNC(=O)c2ccc3[nH]nc(N)c3c2)cc1. The van der Waals surface area contributed by atoms with Gasteiger partial charge in [0.2, 0.25) is 0 Å². The smallest absolute Gasteiger partial charge is 0.251 e. The van der Waals surface area contributed by atoms with Gasteiger partial charge in [0.05, 0.1) is 10.4 Å². The number of H-pyrrole nitrogens is 1. The van der Waals surface area contributed by atoms with E-state index in [1.807, 2.05) is 0 Å². The summed E-state index contributed by atoms with van der Waals surface area (Å²) >= 11 is 0. The van der Waals surface area contributed by atoms with Crippen molar-refractivity contribution in [3.63, 3.8) is 0 Å². The largest absolute Gasteiger partial charge is 0.382 e. The van der Waals surface area contributed by atoms with Crippen LogP contribution in [-0.2, 0) is 16.4 Å². The maximum absolute atomic E-state index is 12.2. The maximum Gasteiger partial charge on any atom is 0.251 e. The molecule has 0 aliphatic heterocycles. The molecule has 0 spiro atoms. The Kier molecular flexibility index (Phi) is 3.98. The third kappa shape index (κ3) is 3.23. The predicted octanol–water partition coefficient (Wildman–Crippen LogP) is 1.48. The number of hydrogen-bond donors (Lipinski definition) is 3. The first-order valence-electron chi connectivity index (χ1n) is 7.15. The lowest BCUT2D eigenvalue weighted by atomic mass is 10.1. The predicted molar refractivity (Wildman–Crippen MR) is 91.2 cm³/mol. The molecule has 0 aliphatic carbocycles. The first-order chi connectivity index (χ1) is 11.3. The van der Waals surface area contributed by atoms with Crippen LogP contribution in [0.1, 0.15) is 15.9 Å². The minimum absolute atomic E-state index is 0.246. The zero-order valence-corrected chi connectivity index (χ0v) is 13.7. The van der Waals surface area contributed by atoms with E-state index in [0.29, 0.717) is 23.3 Å². The van der Waals surface area contributed by atoms with Crippen LogP contribution in [0.2, 0.25) is 0 Å². The summed E-state index contributed by atoms with van der Waals surface area (Å²) in [6.45, 7) is 0.293. The van der Waals surface area contributed by atoms with Gasteiger partial charge < -0.3 is 11.1 Å². The molecule has 0 saturated heterocycles. The molecule has 124 valence electrons. The summed E-state index contributed by atoms with van der Waals surface area (Å²) in [6, 6.07) is 11.5. The number of nitrogens with one attached hydrogen (secondary N) is 2. The molecule has 8 heteroatoms. The Morgan fingerprint density at radius 2 is 1.92 bits per heavy atom. The minimum Gasteiger partial charge on any atom is -0.382 e. The second-order valence-corrected chi connectivity index (χ2v) is 7.48. The van der Waals surface area contributed by atoms with Crippen LogP contribution in [0.3, 0.4) is 0 Å². The fraction of sp³-hybridized carbons (Fsp3) is 0.125. The van der Waals surface area contributed by atoms with Crippen LogP contribution in [0, 0.1) is 0 Å². The van der Waals surface area contributed by atoms with E-state index in [4.69, 9.17) is 5.73 Å². The highest BCUT2D eigenvalue weighted by molar-refractivity contribution is 7.90. The highest BCUT2D eigenvalue weighted by atomic mass is 32.2. The molecule has 0 unspecified atom stereocenters. The lowest BCUT2D eigenvalue weighted by molar-refractivity contribution is 0.0951. The van der Waals surface area contributed by atoms with Crippen LogP contribution in [-0.4, -0.2) is 30.8 Å². The minimum atomic E-state index is -3.22. The zero-order chi connectivity index (χ0) is 17.3. The Hall–Kier alpha value is -2.87. The number of hydrogen-bond acceptors (Lipinski definition) is 5. The van der Waals surface area contributed by atoms with Crippen molar-refractivity contribution in [1.82, 2.24) is 15.5 Å². The van der Waals surface area contributed by atoms with Crippen LogP contribution >= 0.6 is 0 Å². The first kappa shape index (κ1) is 16.0. The summed E-state index contributed by atoms with van der Waals surface area (Å²) in [5.41, 5.74) is 7.78. The van der Waals surface area contributed by atoms with Crippen molar-refractivity contribution in [3.8, 4) is 0 Å². The Balaban J connectivity index is 1.71. The van der Waals surface area contributed by atoms with Crippen molar-refractivity contribution >= 4 is 32.5 Å². The number of benzene rings is 2. The number of anilines is 1. The van der Waals surface area contributed by atoms with Gasteiger partial charge in [-0.05, 0) is 35.9 Å². The van der Waals surface area contributed by atoms with Gasteiger partial charge in [0.1, 0.15) is 0 Å². The van der Waals surface area contributed by atoms with E-state index in [-0.39, 0.29) is 10.8 Å². The molecule has 1 aromatic heterocycles. The summed E-state index contributed by atoms with van der Waals surface area (Å²) in [4.78, 5) is 12.5. The molecule has 4 N–H and O–H groups in total. The number of aromatic nitrogens is 2. The van der Waals surface area contributed by atoms with E-state index in [2.05, 4.69) is 15.5 Å². The van der Waals surface area contributed by atoms with Crippen LogP contribution in [0.4, 0.5) is 5.82 Å². The molecule has 0 fully saturated rings. The van der Waals surface area contributed by atoms with Crippen molar-refractivity contribution in [2.24, 2.45) is 0 Å². The van der Waals surface area contributed by atoms with Gasteiger partial charge in [-0.15, -0.1) is 0 Å². The monoisotopic (exact) mass is 344 g/mol. The molecule has 0 aliphatic rings. The van der Waals surface area contributed by atoms with Crippen LogP contribution in [0.15, 0.2) is 47.4 Å². The maximum atomic E-state index is 12.2. The van der Waals surface area contributed by atoms with Crippen molar-refractivity contribution < 1.29 is 13.2 Å². The Morgan fingerprint density at radius 3 is 2.58 bits per heavy atom. The van der Waals surface area contributed by atoms with E-state index < -0.39 is 9.84 Å². The lowest BCUT2D eigenvalue weighted by Gasteiger charge is -2.06. The van der Waals surface area contributed by atoms with Crippen molar-refractivity contribution in [1.29, 1.82) is 0 Å². The van der Waals surface area contributed by atoms with Crippen LogP contribution in [0.5, 0.6) is 0 Å². The van der Waals surface area contributed by atoms with E-state index in [9.17, 15) is 13.2 Å². The topological polar surface area (TPSA) is 118 Å². The first-order valence-corrected chi connectivity index (χ1v) is 9.04. The normalized spacial score (nSPS) is 11.5. The molecule has 24 heavy (non-hydrogen) atoms. The number of sulfone groups is 1. The van der Waals surface area contributed by atoms with E-state index in [1.54, 1.807) is 30.3 Å². The van der Waals surface area contributed by atoms with Gasteiger partial charge in [0.15, 0.2) is 15.7 Å². The standard InChI is InChI=1S/C16H16N4O3S/c1-24(22,23)12-5-2-10(3-6-12)9-18-16(21)11-4-7-14-13(8-11)15(17)20-19-14/h2-8H,9H2,1H3,(H,18,21)(H3,17,19,20). The molecule has 1 amide bonds. The number of amides is 1. The van der Waals surface area contributed by atoms with E-state index >= 15 is 0 Å². The third-order valence-electron chi connectivity index (χ3n) is 3.66. The molecule has 0 saturated carbocycles. The Bertz CT molecular complexity index is 1010. The molecule has 7 nitrogen and oxygen atoms in total. The number of fused-ring (bicyclic) bond motifs is 1. The molecule has 0 bridgehead atoms. The third-order valence-corrected chi connectivity index (χ3v) is 4.79. The average molecular weight is 344 g/mol. The number of carbonyl (C=O) groups excluding carboxylic acids is 1. The molecule has 0 atom stereocenters. The van der Waals surface area contributed by atoms with Gasteiger partial charge in [-0.25, -0.2) is 8.42 Å². The van der Waals surface area contributed by atoms with E-state index in [1.165, 1.54) is 12.1 Å². The van der Waals surface area contributed by atoms with Crippen LogP contribution < -0.4 is 11.1 Å². The summed E-state index contributed by atoms with van der Waals surface area (Å²) in [5, 5.41) is 10.1. The number of nitrogen functional groups attached to an aromatic ring is 1. The summed E-state index contributed by atoms with van der Waals surface area (Å²) in [5.74, 6) is 0.0979. The van der Waals surface area contributed by atoms with Crippen molar-refractivity contribution in [2.45, 2.75) is 11.4 Å². The molecule has 0 radical (unpaired) electrons. The zero-order valence-electron chi connectivity index (χ0n) is 12.9. The van der Waals surface area contributed by atoms with Gasteiger partial charge in [0, 0.05) is 23.8 Å². The van der Waals surface area contributed by atoms with Gasteiger partial charge in [-0.2, -0.15) is 5.10 Å². The van der Waals surface area contributed by atoms with Crippen LogP contribution in [0.25, 0.3) is 10.9 Å². The Morgan fingerprint density at radius 1 is 1.21 bits per heavy atom. The van der Waals surface area contributed by atoms with Crippen molar-refractivity contribution in [3.05, 3.63) is 53.6 Å². The fourth-order valence-electron chi connectivity index (χ4n) is 2.31. The lowest BCUT2D eigenvalue weighted by Crippen LogP contribution is -2.22. The van der Waals surface area contributed by atoms with Gasteiger partial charge in [0.25, 0.3) is 5.91 Å². The van der Waals surface area contributed by atoms with Crippen molar-refractivity contribution in [2.75, 3.05) is 12.0 Å². The summed E-state index contributed by atoms with van der Waals surface area (Å²) in [6.07, 6.45) is 1.15. The number of rotatable bonds is 4. The molecule has 3 aromatic rings. The quantitative estimate of drug-likeness (QED) is 0.662. The molecule has 2 aromatic carbocycles. The fourth-order valence-corrected chi connectivity index (χ4v) is 2.94. The second kappa shape index (κ2) is 5.97. The second-order valence-electron chi connectivity index (χ2n) is 5.47. The summed E-state index contributed by atoms with van der Waals surface area (Å²) < 4.78 is 22.8. The molecule has 1 heterocycles. The molecular weight excluding hydrogens is 328 g/mol. The number of carbonyl (C=O) groups is 1. The molecule has 3 rings (SSSR count). The Labute approximate surface area is 138 Å². The number of nitrogens with two attached hydrogens (primary N) is 1. The van der Waals surface area contributed by atoms with Gasteiger partial charge in [-0.1, -0.05) is 12.1 Å². The highest BCUT2D eigenvalue weighted by Gasteiger charge is 2.10. The van der Waals surface area contributed by atoms with E-state index in [0.717, 1.165) is 17.3 Å². The van der Waals surface area contributed by atoms with Gasteiger partial charge in [-0.3, -0.25) is 9.89 Å². The molecular formula is C16H16N4O3S. The highest BCUT2D eigenvalue weighted by Crippen LogP contribution is 2.19. The summed E-state index contributed by atoms with van der Waals surface area (Å²) in [7, 11) is -3.22.